The third-order valence-electron chi connectivity index (χ3n) is 2.83. The first-order valence-corrected chi connectivity index (χ1v) is 6.09. The molecule has 104 valence electrons. The fourth-order valence-corrected chi connectivity index (χ4v) is 1.82. The number of aryl methyl sites for hydroxylation is 1. The van der Waals surface area contributed by atoms with Crippen molar-refractivity contribution in [2.24, 2.45) is 0 Å². The standard InChI is InChI=1S/C12H14BN3O4/c1-3-20-12(17)11-10(14-16-15-11)9-6-8(13(18)19)5-4-7(9)2/h4-6,18-19H,3H2,1-2H3,(H,14,15,16). The molecule has 0 unspecified atom stereocenters. The number of carbonyl (C=O) groups excluding carboxylic acids is 1. The van der Waals surface area contributed by atoms with Gasteiger partial charge in [-0.25, -0.2) is 4.79 Å². The molecule has 0 fully saturated rings. The van der Waals surface area contributed by atoms with Crippen LogP contribution in [0.3, 0.4) is 0 Å². The monoisotopic (exact) mass is 275 g/mol. The molecule has 1 aromatic heterocycles. The molecule has 2 aromatic rings. The second kappa shape index (κ2) is 5.85. The number of aromatic nitrogens is 3. The van der Waals surface area contributed by atoms with Crippen LogP contribution < -0.4 is 5.46 Å². The van der Waals surface area contributed by atoms with Gasteiger partial charge in [0.1, 0.15) is 5.69 Å². The van der Waals surface area contributed by atoms with Crippen molar-refractivity contribution in [3.63, 3.8) is 0 Å². The predicted molar refractivity (Wildman–Crippen MR) is 72.3 cm³/mol. The van der Waals surface area contributed by atoms with Crippen molar-refractivity contribution in [2.45, 2.75) is 13.8 Å². The van der Waals surface area contributed by atoms with Crippen LogP contribution in [0.1, 0.15) is 23.0 Å². The van der Waals surface area contributed by atoms with Gasteiger partial charge in [-0.05, 0) is 24.9 Å². The predicted octanol–water partition coefficient (Wildman–Crippen LogP) is -0.363. The Bertz CT molecular complexity index is 627. The van der Waals surface area contributed by atoms with Crippen molar-refractivity contribution >= 4 is 18.6 Å². The van der Waals surface area contributed by atoms with E-state index in [0.717, 1.165) is 5.56 Å². The molecule has 0 saturated carbocycles. The van der Waals surface area contributed by atoms with E-state index in [-0.39, 0.29) is 12.3 Å². The van der Waals surface area contributed by atoms with Crippen LogP contribution >= 0.6 is 0 Å². The lowest BCUT2D eigenvalue weighted by Gasteiger charge is -2.07. The summed E-state index contributed by atoms with van der Waals surface area (Å²) in [7, 11) is -1.59. The molecule has 0 amide bonds. The average molecular weight is 275 g/mol. The van der Waals surface area contributed by atoms with Crippen LogP contribution in [0, 0.1) is 6.92 Å². The van der Waals surface area contributed by atoms with Gasteiger partial charge in [-0.3, -0.25) is 0 Å². The Balaban J connectivity index is 2.49. The Hall–Kier alpha value is -2.19. The molecule has 2 rings (SSSR count). The zero-order chi connectivity index (χ0) is 14.7. The molecule has 1 heterocycles. The van der Waals surface area contributed by atoms with Gasteiger partial charge in [0, 0.05) is 5.56 Å². The van der Waals surface area contributed by atoms with Crippen LogP contribution in [0.5, 0.6) is 0 Å². The van der Waals surface area contributed by atoms with Gasteiger partial charge in [-0.15, -0.1) is 5.10 Å². The zero-order valence-corrected chi connectivity index (χ0v) is 11.1. The molecule has 0 aliphatic rings. The summed E-state index contributed by atoms with van der Waals surface area (Å²) in [6.45, 7) is 3.76. The largest absolute Gasteiger partial charge is 0.488 e. The molecular weight excluding hydrogens is 261 g/mol. The molecule has 0 aliphatic carbocycles. The second-order valence-electron chi connectivity index (χ2n) is 4.19. The maximum absolute atomic E-state index is 11.8. The van der Waals surface area contributed by atoms with E-state index >= 15 is 0 Å². The highest BCUT2D eigenvalue weighted by molar-refractivity contribution is 6.58. The van der Waals surface area contributed by atoms with Crippen molar-refractivity contribution in [3.8, 4) is 11.3 Å². The smallest absolute Gasteiger partial charge is 0.461 e. The molecule has 7 nitrogen and oxygen atoms in total. The Labute approximate surface area is 115 Å². The summed E-state index contributed by atoms with van der Waals surface area (Å²) in [6.07, 6.45) is 0. The molecule has 1 aromatic carbocycles. The summed E-state index contributed by atoms with van der Waals surface area (Å²) >= 11 is 0. The first kappa shape index (κ1) is 14.2. The summed E-state index contributed by atoms with van der Waals surface area (Å²) in [5.74, 6) is -0.578. The molecule has 20 heavy (non-hydrogen) atoms. The van der Waals surface area contributed by atoms with Crippen LogP contribution in [-0.2, 0) is 4.74 Å². The number of hydrogen-bond donors (Lipinski definition) is 3. The normalized spacial score (nSPS) is 10.4. The van der Waals surface area contributed by atoms with Gasteiger partial charge in [0.2, 0.25) is 0 Å². The van der Waals surface area contributed by atoms with Crippen LogP contribution in [0.25, 0.3) is 11.3 Å². The van der Waals surface area contributed by atoms with E-state index in [1.165, 1.54) is 0 Å². The number of aromatic amines is 1. The highest BCUT2D eigenvalue weighted by Gasteiger charge is 2.22. The number of nitrogens with zero attached hydrogens (tertiary/aromatic N) is 2. The van der Waals surface area contributed by atoms with Gasteiger partial charge in [-0.1, -0.05) is 18.2 Å². The number of esters is 1. The van der Waals surface area contributed by atoms with Gasteiger partial charge < -0.3 is 14.8 Å². The number of hydrogen-bond acceptors (Lipinski definition) is 6. The van der Waals surface area contributed by atoms with E-state index in [1.54, 1.807) is 25.1 Å². The molecule has 0 radical (unpaired) electrons. The summed E-state index contributed by atoms with van der Waals surface area (Å²) in [6, 6.07) is 4.86. The average Bonchev–Trinajstić information content (AvgIpc) is 2.88. The van der Waals surface area contributed by atoms with Gasteiger partial charge >= 0.3 is 13.1 Å². The minimum Gasteiger partial charge on any atom is -0.461 e. The zero-order valence-electron chi connectivity index (χ0n) is 11.1. The first-order valence-electron chi connectivity index (χ1n) is 6.09. The van der Waals surface area contributed by atoms with Crippen LogP contribution in [0.2, 0.25) is 0 Å². The van der Waals surface area contributed by atoms with E-state index in [2.05, 4.69) is 15.4 Å². The Kier molecular flexibility index (Phi) is 4.16. The van der Waals surface area contributed by atoms with E-state index in [0.29, 0.717) is 16.7 Å². The summed E-state index contributed by atoms with van der Waals surface area (Å²) < 4.78 is 4.91. The van der Waals surface area contributed by atoms with E-state index in [4.69, 9.17) is 4.74 Å². The van der Waals surface area contributed by atoms with Crippen molar-refractivity contribution in [1.29, 1.82) is 0 Å². The van der Waals surface area contributed by atoms with Crippen molar-refractivity contribution in [3.05, 3.63) is 29.5 Å². The molecule has 0 aliphatic heterocycles. The van der Waals surface area contributed by atoms with E-state index in [9.17, 15) is 14.8 Å². The fraction of sp³-hybridized carbons (Fsp3) is 0.250. The molecule has 3 N–H and O–H groups in total. The lowest BCUT2D eigenvalue weighted by molar-refractivity contribution is 0.0520. The number of carbonyl (C=O) groups is 1. The summed E-state index contributed by atoms with van der Waals surface area (Å²) in [5, 5.41) is 28.6. The van der Waals surface area contributed by atoms with E-state index in [1.807, 2.05) is 6.92 Å². The number of benzene rings is 1. The third-order valence-corrected chi connectivity index (χ3v) is 2.83. The topological polar surface area (TPSA) is 108 Å². The van der Waals surface area contributed by atoms with Gasteiger partial charge in [0.15, 0.2) is 5.69 Å². The Morgan fingerprint density at radius 3 is 2.80 bits per heavy atom. The molecular formula is C12H14BN3O4. The van der Waals surface area contributed by atoms with E-state index < -0.39 is 13.1 Å². The number of nitrogens with one attached hydrogen (secondary N) is 1. The maximum Gasteiger partial charge on any atom is 0.488 e. The minimum absolute atomic E-state index is 0.0690. The minimum atomic E-state index is -1.59. The second-order valence-corrected chi connectivity index (χ2v) is 4.19. The highest BCUT2D eigenvalue weighted by atomic mass is 16.5. The van der Waals surface area contributed by atoms with Crippen molar-refractivity contribution in [1.82, 2.24) is 15.4 Å². The number of rotatable bonds is 4. The van der Waals surface area contributed by atoms with Crippen LogP contribution in [0.4, 0.5) is 0 Å². The molecule has 0 atom stereocenters. The van der Waals surface area contributed by atoms with Crippen LogP contribution in [-0.4, -0.2) is 45.2 Å². The summed E-state index contributed by atoms with van der Waals surface area (Å²) in [5.41, 5.74) is 2.12. The fourth-order valence-electron chi connectivity index (χ4n) is 1.82. The van der Waals surface area contributed by atoms with Crippen molar-refractivity contribution < 1.29 is 19.6 Å². The molecule has 0 spiro atoms. The Morgan fingerprint density at radius 2 is 2.15 bits per heavy atom. The molecule has 8 heteroatoms. The lowest BCUT2D eigenvalue weighted by atomic mass is 9.78. The van der Waals surface area contributed by atoms with Gasteiger partial charge in [0.05, 0.1) is 6.61 Å². The molecule has 0 saturated heterocycles. The quantitative estimate of drug-likeness (QED) is 0.519. The first-order chi connectivity index (χ1) is 9.54. The lowest BCUT2D eigenvalue weighted by Crippen LogP contribution is -2.29. The number of ether oxygens (including phenoxy) is 1. The third kappa shape index (κ3) is 2.71. The summed E-state index contributed by atoms with van der Waals surface area (Å²) in [4.78, 5) is 11.8. The highest BCUT2D eigenvalue weighted by Crippen LogP contribution is 2.23. The van der Waals surface area contributed by atoms with Gasteiger partial charge in [0.25, 0.3) is 0 Å². The SMILES string of the molecule is CCOC(=O)c1n[nH]nc1-c1cc(B(O)O)ccc1C. The van der Waals surface area contributed by atoms with Gasteiger partial charge in [-0.2, -0.15) is 10.3 Å². The maximum atomic E-state index is 11.8. The molecule has 0 bridgehead atoms. The Morgan fingerprint density at radius 1 is 1.40 bits per heavy atom. The number of H-pyrrole nitrogens is 1. The van der Waals surface area contributed by atoms with Crippen molar-refractivity contribution in [2.75, 3.05) is 6.61 Å². The van der Waals surface area contributed by atoms with Crippen LogP contribution in [0.15, 0.2) is 18.2 Å².